The van der Waals surface area contributed by atoms with Gasteiger partial charge in [-0.1, -0.05) is 156 Å². The number of nitrogens with zero attached hydrogens (tertiary/aromatic N) is 2. The maximum atomic E-state index is 11.7. The molecule has 0 aromatic heterocycles. The summed E-state index contributed by atoms with van der Waals surface area (Å²) in [5.74, 6) is -0.200. The summed E-state index contributed by atoms with van der Waals surface area (Å²) in [5.41, 5.74) is 0. The van der Waals surface area contributed by atoms with Gasteiger partial charge >= 0.3 is 0 Å². The zero-order valence-electron chi connectivity index (χ0n) is 28.8. The van der Waals surface area contributed by atoms with E-state index in [2.05, 4.69) is 27.7 Å². The first-order chi connectivity index (χ1) is 20.5. The average Bonchev–Trinajstić information content (AvgIpc) is 3.01. The van der Waals surface area contributed by atoms with Gasteiger partial charge in [0.25, 0.3) is 0 Å². The van der Waals surface area contributed by atoms with Crippen LogP contribution in [0.2, 0.25) is 0 Å². The molecule has 6 nitrogen and oxygen atoms in total. The molecule has 0 saturated heterocycles. The Morgan fingerprint density at radius 2 is 0.548 bits per heavy atom. The molecule has 0 radical (unpaired) electrons. The fourth-order valence-corrected chi connectivity index (χ4v) is 5.25. The van der Waals surface area contributed by atoms with Crippen molar-refractivity contribution in [3.8, 4) is 0 Å². The van der Waals surface area contributed by atoms with Crippen molar-refractivity contribution in [1.29, 1.82) is 0 Å². The lowest BCUT2D eigenvalue weighted by molar-refractivity contribution is -0.135. The second-order valence-electron chi connectivity index (χ2n) is 12.1. The number of amides is 2. The van der Waals surface area contributed by atoms with Crippen LogP contribution < -0.4 is 0 Å². The van der Waals surface area contributed by atoms with E-state index < -0.39 is 0 Å². The quantitative estimate of drug-likeness (QED) is 0.0808. The molecule has 0 aliphatic heterocycles. The van der Waals surface area contributed by atoms with Crippen molar-refractivity contribution in [2.45, 2.75) is 182 Å². The maximum absolute atomic E-state index is 11.7. The van der Waals surface area contributed by atoms with Crippen molar-refractivity contribution in [1.82, 2.24) is 9.80 Å². The number of carbonyl (C=O) groups is 2. The zero-order valence-corrected chi connectivity index (χ0v) is 28.8. The maximum Gasteiger partial charge on any atom is 0.248 e. The van der Waals surface area contributed by atoms with Crippen LogP contribution in [-0.2, 0) is 9.59 Å². The van der Waals surface area contributed by atoms with E-state index in [0.29, 0.717) is 0 Å². The summed E-state index contributed by atoms with van der Waals surface area (Å²) in [6, 6.07) is 0. The molecule has 0 aromatic carbocycles. The van der Waals surface area contributed by atoms with Crippen molar-refractivity contribution in [3.63, 3.8) is 0 Å². The van der Waals surface area contributed by atoms with Gasteiger partial charge in [0.15, 0.2) is 0 Å². The lowest BCUT2D eigenvalue weighted by Crippen LogP contribution is -2.35. The Kier molecular flexibility index (Phi) is 36.9. The van der Waals surface area contributed by atoms with Gasteiger partial charge in [-0.25, -0.2) is 0 Å². The summed E-state index contributed by atoms with van der Waals surface area (Å²) in [5, 5.41) is 18.1. The van der Waals surface area contributed by atoms with Crippen LogP contribution in [0.1, 0.15) is 182 Å². The van der Waals surface area contributed by atoms with E-state index in [9.17, 15) is 9.59 Å². The summed E-state index contributed by atoms with van der Waals surface area (Å²) < 4.78 is 0. The second-order valence-corrected chi connectivity index (χ2v) is 12.1. The van der Waals surface area contributed by atoms with Crippen LogP contribution in [0.25, 0.3) is 0 Å². The summed E-state index contributed by atoms with van der Waals surface area (Å²) in [6.45, 7) is 11.5. The summed E-state index contributed by atoms with van der Waals surface area (Å²) in [6.07, 6.45) is 29.8. The van der Waals surface area contributed by atoms with Gasteiger partial charge in [0.2, 0.25) is 11.8 Å². The van der Waals surface area contributed by atoms with Crippen LogP contribution in [0.5, 0.6) is 0 Å². The van der Waals surface area contributed by atoms with Gasteiger partial charge in [-0.3, -0.25) is 9.59 Å². The molecule has 0 aliphatic rings. The van der Waals surface area contributed by atoms with Crippen molar-refractivity contribution in [2.75, 3.05) is 39.4 Å². The van der Waals surface area contributed by atoms with E-state index in [1.165, 1.54) is 128 Å². The highest BCUT2D eigenvalue weighted by Crippen LogP contribution is 2.10. The number of hydrogen-bond acceptors (Lipinski definition) is 4. The molecule has 0 spiro atoms. The number of hydrogen-bond donors (Lipinski definition) is 2. The third-order valence-electron chi connectivity index (χ3n) is 8.10. The van der Waals surface area contributed by atoms with Crippen LogP contribution in [0.3, 0.4) is 0 Å². The molecule has 0 saturated carbocycles. The predicted octanol–water partition coefficient (Wildman–Crippen LogP) is 9.06. The molecule has 0 fully saturated rings. The first-order valence-corrected chi connectivity index (χ1v) is 18.3. The van der Waals surface area contributed by atoms with E-state index in [-0.39, 0.29) is 25.0 Å². The third kappa shape index (κ3) is 30.3. The van der Waals surface area contributed by atoms with Gasteiger partial charge in [0.1, 0.15) is 13.2 Å². The molecule has 0 unspecified atom stereocenters. The van der Waals surface area contributed by atoms with Crippen molar-refractivity contribution in [3.05, 3.63) is 0 Å². The van der Waals surface area contributed by atoms with Gasteiger partial charge in [0, 0.05) is 26.2 Å². The Morgan fingerprint density at radius 1 is 0.357 bits per heavy atom. The standard InChI is InChI=1S/2C18H37NO2/c2*1-3-5-7-9-11-13-15-19(18(21)17-20)16-14-12-10-8-6-4-2/h2*20H,3-17H2,1-2H3. The van der Waals surface area contributed by atoms with E-state index in [0.717, 1.165) is 51.9 Å². The fourth-order valence-electron chi connectivity index (χ4n) is 5.25. The van der Waals surface area contributed by atoms with Crippen LogP contribution in [0, 0.1) is 0 Å². The average molecular weight is 599 g/mol. The highest BCUT2D eigenvalue weighted by Gasteiger charge is 2.12. The van der Waals surface area contributed by atoms with Gasteiger partial charge < -0.3 is 20.0 Å². The van der Waals surface area contributed by atoms with Gasteiger partial charge in [0.05, 0.1) is 0 Å². The van der Waals surface area contributed by atoms with Crippen LogP contribution >= 0.6 is 0 Å². The fraction of sp³-hybridized carbons (Fsp3) is 0.944. The molecule has 2 N–H and O–H groups in total. The lowest BCUT2D eigenvalue weighted by Gasteiger charge is -2.21. The molecule has 0 bridgehead atoms. The molecule has 6 heteroatoms. The molecular weight excluding hydrogens is 524 g/mol. The number of aliphatic hydroxyl groups excluding tert-OH is 2. The Morgan fingerprint density at radius 3 is 0.738 bits per heavy atom. The first-order valence-electron chi connectivity index (χ1n) is 18.3. The highest BCUT2D eigenvalue weighted by molar-refractivity contribution is 5.77. The first kappa shape index (κ1) is 43.0. The molecule has 42 heavy (non-hydrogen) atoms. The number of carbonyl (C=O) groups excluding carboxylic acids is 2. The Labute approximate surface area is 262 Å². The molecule has 252 valence electrons. The molecule has 0 aromatic rings. The molecular formula is C36H74N2O4. The molecule has 0 heterocycles. The molecule has 0 aliphatic carbocycles. The van der Waals surface area contributed by atoms with Gasteiger partial charge in [-0.2, -0.15) is 0 Å². The highest BCUT2D eigenvalue weighted by atomic mass is 16.3. The summed E-state index contributed by atoms with van der Waals surface area (Å²) in [4.78, 5) is 27.2. The smallest absolute Gasteiger partial charge is 0.248 e. The topological polar surface area (TPSA) is 81.1 Å². The largest absolute Gasteiger partial charge is 0.387 e. The van der Waals surface area contributed by atoms with Crippen LogP contribution in [0.15, 0.2) is 0 Å². The predicted molar refractivity (Wildman–Crippen MR) is 181 cm³/mol. The zero-order chi connectivity index (χ0) is 31.5. The van der Waals surface area contributed by atoms with E-state index in [1.807, 2.05) is 9.80 Å². The molecule has 2 amide bonds. The van der Waals surface area contributed by atoms with Crippen LogP contribution in [0.4, 0.5) is 0 Å². The Hall–Kier alpha value is -1.14. The van der Waals surface area contributed by atoms with E-state index >= 15 is 0 Å². The summed E-state index contributed by atoms with van der Waals surface area (Å²) in [7, 11) is 0. The monoisotopic (exact) mass is 599 g/mol. The van der Waals surface area contributed by atoms with Gasteiger partial charge in [-0.05, 0) is 25.7 Å². The Balaban J connectivity index is 0. The normalized spacial score (nSPS) is 10.8. The number of unbranched alkanes of at least 4 members (excludes halogenated alkanes) is 20. The number of aliphatic hydroxyl groups is 2. The molecule has 0 atom stereocenters. The van der Waals surface area contributed by atoms with Crippen molar-refractivity contribution in [2.24, 2.45) is 0 Å². The van der Waals surface area contributed by atoms with Crippen LogP contribution in [-0.4, -0.2) is 71.2 Å². The van der Waals surface area contributed by atoms with Crippen molar-refractivity contribution < 1.29 is 19.8 Å². The lowest BCUT2D eigenvalue weighted by atomic mass is 10.1. The van der Waals surface area contributed by atoms with Gasteiger partial charge in [-0.15, -0.1) is 0 Å². The Bertz CT molecular complexity index is 479. The third-order valence-corrected chi connectivity index (χ3v) is 8.10. The SMILES string of the molecule is CCCCCCCCN(CCCCCCCC)C(=O)CO.CCCCCCCCN(CCCCCCCC)C(=O)CO. The number of rotatable bonds is 30. The molecule has 0 rings (SSSR count). The summed E-state index contributed by atoms with van der Waals surface area (Å²) >= 11 is 0. The minimum atomic E-state index is -0.342. The minimum absolute atomic E-state index is 0.0999. The minimum Gasteiger partial charge on any atom is -0.387 e. The van der Waals surface area contributed by atoms with Crippen molar-refractivity contribution >= 4 is 11.8 Å². The van der Waals surface area contributed by atoms with E-state index in [1.54, 1.807) is 0 Å². The second kappa shape index (κ2) is 36.1. The van der Waals surface area contributed by atoms with E-state index in [4.69, 9.17) is 10.2 Å².